The summed E-state index contributed by atoms with van der Waals surface area (Å²) in [4.78, 5) is 0. The zero-order valence-corrected chi connectivity index (χ0v) is 17.2. The van der Waals surface area contributed by atoms with Crippen molar-refractivity contribution in [1.82, 2.24) is 0 Å². The van der Waals surface area contributed by atoms with Gasteiger partial charge in [-0.3, -0.25) is 0 Å². The largest absolute Gasteiger partial charge is 0.103 e. The highest BCUT2D eigenvalue weighted by Crippen LogP contribution is 2.72. The van der Waals surface area contributed by atoms with E-state index in [1.165, 1.54) is 42.4 Å². The van der Waals surface area contributed by atoms with Crippen LogP contribution in [-0.2, 0) is 0 Å². The maximum absolute atomic E-state index is 4.62. The first kappa shape index (κ1) is 20.3. The summed E-state index contributed by atoms with van der Waals surface area (Å²) in [5.41, 5.74) is 4.53. The Balaban J connectivity index is 2.05. The third-order valence-electron chi connectivity index (χ3n) is 7.33. The van der Waals surface area contributed by atoms with Crippen LogP contribution in [0.5, 0.6) is 0 Å². The van der Waals surface area contributed by atoms with Gasteiger partial charge in [-0.15, -0.1) is 6.58 Å². The lowest BCUT2D eigenvalue weighted by Crippen LogP contribution is -2.21. The highest BCUT2D eigenvalue weighted by atomic mass is 14.7. The molecule has 5 unspecified atom stereocenters. The van der Waals surface area contributed by atoms with Crippen LogP contribution in [-0.4, -0.2) is 0 Å². The van der Waals surface area contributed by atoms with Crippen molar-refractivity contribution in [1.29, 1.82) is 0 Å². The molecule has 0 radical (unpaired) electrons. The van der Waals surface area contributed by atoms with E-state index in [1.54, 1.807) is 0 Å². The van der Waals surface area contributed by atoms with Crippen molar-refractivity contribution >= 4 is 0 Å². The van der Waals surface area contributed by atoms with Crippen LogP contribution in [0.25, 0.3) is 0 Å². The summed E-state index contributed by atoms with van der Waals surface area (Å²) in [6.45, 7) is 26.8. The van der Waals surface area contributed by atoms with Crippen molar-refractivity contribution in [2.24, 2.45) is 35.0 Å². The van der Waals surface area contributed by atoms with E-state index in [4.69, 9.17) is 0 Å². The van der Waals surface area contributed by atoms with Crippen molar-refractivity contribution in [3.05, 3.63) is 49.1 Å². The molecule has 0 aliphatic heterocycles. The SMILES string of the molecule is C=CCCC(=C)C(=C)C(CCC)CC(=C)C1C(CC)CC2C1C2(C)C. The first-order valence-electron chi connectivity index (χ1n) is 10.4. The van der Waals surface area contributed by atoms with Crippen molar-refractivity contribution in [3.8, 4) is 0 Å². The number of hydrogen-bond acceptors (Lipinski definition) is 0. The minimum atomic E-state index is 0.522. The van der Waals surface area contributed by atoms with E-state index in [-0.39, 0.29) is 0 Å². The Morgan fingerprint density at radius 3 is 2.44 bits per heavy atom. The van der Waals surface area contributed by atoms with Crippen molar-refractivity contribution in [2.75, 3.05) is 0 Å². The van der Waals surface area contributed by atoms with E-state index in [0.717, 1.165) is 42.9 Å². The monoisotopic (exact) mass is 340 g/mol. The number of hydrogen-bond donors (Lipinski definition) is 0. The molecule has 0 saturated heterocycles. The van der Waals surface area contributed by atoms with Crippen molar-refractivity contribution in [2.45, 2.75) is 72.6 Å². The molecular weight excluding hydrogens is 300 g/mol. The van der Waals surface area contributed by atoms with E-state index in [0.29, 0.717) is 11.3 Å². The molecule has 2 saturated carbocycles. The van der Waals surface area contributed by atoms with E-state index in [9.17, 15) is 0 Å². The molecule has 25 heavy (non-hydrogen) atoms. The molecule has 0 aromatic carbocycles. The maximum Gasteiger partial charge on any atom is -0.0128 e. The summed E-state index contributed by atoms with van der Waals surface area (Å²) < 4.78 is 0. The Bertz CT molecular complexity index is 532. The fourth-order valence-electron chi connectivity index (χ4n) is 5.65. The first-order valence-corrected chi connectivity index (χ1v) is 10.4. The number of rotatable bonds is 11. The Hall–Kier alpha value is -1.04. The van der Waals surface area contributed by atoms with Crippen LogP contribution in [0.4, 0.5) is 0 Å². The van der Waals surface area contributed by atoms with Gasteiger partial charge >= 0.3 is 0 Å². The van der Waals surface area contributed by atoms with E-state index < -0.39 is 0 Å². The second-order valence-electron chi connectivity index (χ2n) is 9.19. The van der Waals surface area contributed by atoms with Crippen molar-refractivity contribution < 1.29 is 0 Å². The van der Waals surface area contributed by atoms with Gasteiger partial charge in [0.1, 0.15) is 0 Å². The van der Waals surface area contributed by atoms with Crippen LogP contribution in [0.15, 0.2) is 49.1 Å². The van der Waals surface area contributed by atoms with Crippen molar-refractivity contribution in [3.63, 3.8) is 0 Å². The molecule has 2 aliphatic rings. The summed E-state index contributed by atoms with van der Waals surface area (Å²) >= 11 is 0. The third kappa shape index (κ3) is 4.04. The fraction of sp³-hybridized carbons (Fsp3) is 0.680. The van der Waals surface area contributed by atoms with Gasteiger partial charge in [0, 0.05) is 0 Å². The molecule has 0 aromatic rings. The van der Waals surface area contributed by atoms with Gasteiger partial charge in [-0.05, 0) is 72.7 Å². The third-order valence-corrected chi connectivity index (χ3v) is 7.33. The zero-order chi connectivity index (χ0) is 18.8. The average Bonchev–Trinajstić information content (AvgIpc) is 2.95. The Labute approximate surface area is 157 Å². The quantitative estimate of drug-likeness (QED) is 0.266. The molecule has 0 nitrogen and oxygen atoms in total. The summed E-state index contributed by atoms with van der Waals surface area (Å²) in [6, 6.07) is 0. The van der Waals surface area contributed by atoms with Gasteiger partial charge in [0.25, 0.3) is 0 Å². The summed E-state index contributed by atoms with van der Waals surface area (Å²) in [7, 11) is 0. The molecule has 0 bridgehead atoms. The molecule has 0 heterocycles. The van der Waals surface area contributed by atoms with Crippen LogP contribution >= 0.6 is 0 Å². The van der Waals surface area contributed by atoms with E-state index in [1.807, 2.05) is 6.08 Å². The van der Waals surface area contributed by atoms with Gasteiger partial charge in [-0.1, -0.05) is 77.5 Å². The van der Waals surface area contributed by atoms with Gasteiger partial charge in [-0.25, -0.2) is 0 Å². The number of allylic oxidation sites excluding steroid dienone is 4. The average molecular weight is 341 g/mol. The van der Waals surface area contributed by atoms with Crippen LogP contribution in [0.2, 0.25) is 0 Å². The lowest BCUT2D eigenvalue weighted by molar-refractivity contribution is 0.286. The minimum Gasteiger partial charge on any atom is -0.103 e. The zero-order valence-electron chi connectivity index (χ0n) is 17.2. The van der Waals surface area contributed by atoms with E-state index in [2.05, 4.69) is 54.0 Å². The van der Waals surface area contributed by atoms with Gasteiger partial charge in [0.05, 0.1) is 0 Å². The molecule has 0 spiro atoms. The highest BCUT2D eigenvalue weighted by Gasteiger charge is 2.66. The predicted molar refractivity (Wildman–Crippen MR) is 113 cm³/mol. The predicted octanol–water partition coefficient (Wildman–Crippen LogP) is 7.75. The molecule has 2 fully saturated rings. The topological polar surface area (TPSA) is 0 Å². The molecule has 2 rings (SSSR count). The van der Waals surface area contributed by atoms with E-state index >= 15 is 0 Å². The normalized spacial score (nSPS) is 30.4. The lowest BCUT2D eigenvalue weighted by Gasteiger charge is -2.30. The summed E-state index contributed by atoms with van der Waals surface area (Å²) in [5.74, 6) is 3.93. The van der Waals surface area contributed by atoms with Crippen LogP contribution in [0, 0.1) is 35.0 Å². The highest BCUT2D eigenvalue weighted by molar-refractivity contribution is 5.30. The fourth-order valence-corrected chi connectivity index (χ4v) is 5.65. The van der Waals surface area contributed by atoms with Gasteiger partial charge < -0.3 is 0 Å². The van der Waals surface area contributed by atoms with Crippen LogP contribution < -0.4 is 0 Å². The minimum absolute atomic E-state index is 0.522. The van der Waals surface area contributed by atoms with Crippen LogP contribution in [0.3, 0.4) is 0 Å². The van der Waals surface area contributed by atoms with Gasteiger partial charge in [-0.2, -0.15) is 0 Å². The Morgan fingerprint density at radius 2 is 1.88 bits per heavy atom. The van der Waals surface area contributed by atoms with Gasteiger partial charge in [0.2, 0.25) is 0 Å². The maximum atomic E-state index is 4.62. The molecule has 2 aliphatic carbocycles. The Morgan fingerprint density at radius 1 is 1.20 bits per heavy atom. The molecule has 140 valence electrons. The molecular formula is C25H40. The molecule has 5 atom stereocenters. The Kier molecular flexibility index (Phi) is 6.57. The number of fused-ring (bicyclic) bond motifs is 1. The summed E-state index contributed by atoms with van der Waals surface area (Å²) in [5, 5.41) is 0. The van der Waals surface area contributed by atoms with Gasteiger partial charge in [0.15, 0.2) is 0 Å². The van der Waals surface area contributed by atoms with Crippen LogP contribution in [0.1, 0.15) is 72.6 Å². The summed E-state index contributed by atoms with van der Waals surface area (Å²) in [6.07, 6.45) is 10.2. The first-order chi connectivity index (χ1) is 11.8. The smallest absolute Gasteiger partial charge is 0.0128 e. The second-order valence-corrected chi connectivity index (χ2v) is 9.19. The standard InChI is InChI=1S/C25H40/c1-9-12-14-17(4)19(6)21(13-10-2)15-18(5)23-20(11-3)16-22-24(23)25(22,7)8/h9,20-24H,1,4-6,10-16H2,2-3,7-8H3. The molecule has 0 heteroatoms. The molecule has 0 N–H and O–H groups in total. The second kappa shape index (κ2) is 8.11. The lowest BCUT2D eigenvalue weighted by atomic mass is 9.74. The molecule has 0 amide bonds. The molecule has 0 aromatic heterocycles.